The molecule has 7 rings (SSSR count). The molecule has 15 nitrogen and oxygen atoms in total. The average Bonchev–Trinajstić information content (AvgIpc) is 3.47. The van der Waals surface area contributed by atoms with Crippen LogP contribution in [0.25, 0.3) is 0 Å². The lowest BCUT2D eigenvalue weighted by molar-refractivity contribution is -0.256. The smallest absolute Gasteiger partial charge is 0.252 e. The van der Waals surface area contributed by atoms with Gasteiger partial charge in [-0.15, -0.1) is 0 Å². The van der Waals surface area contributed by atoms with Crippen molar-refractivity contribution in [3.63, 3.8) is 0 Å². The number of ketones is 2. The number of carbonyl (C=O) groups excluding carboxylic acids is 3. The zero-order valence-electron chi connectivity index (χ0n) is 28.6. The number of phenols is 2. The third kappa shape index (κ3) is 5.56. The van der Waals surface area contributed by atoms with E-state index in [4.69, 9.17) is 28.4 Å². The molecule has 3 saturated heterocycles. The van der Waals surface area contributed by atoms with Crippen LogP contribution in [0, 0.1) is 0 Å². The molecule has 3 aliphatic heterocycles. The summed E-state index contributed by atoms with van der Waals surface area (Å²) in [4.78, 5) is 45.5. The molecule has 4 N–H and O–H groups in total. The number of methoxy groups -OCH3 is 2. The van der Waals surface area contributed by atoms with Crippen LogP contribution in [0.4, 0.5) is 0 Å². The fourth-order valence-corrected chi connectivity index (χ4v) is 8.06. The number of nitrogens with zero attached hydrogens (tertiary/aromatic N) is 2. The number of phenolic OH excluding ortho intramolecular Hbond substituents is 2. The van der Waals surface area contributed by atoms with Crippen molar-refractivity contribution in [2.45, 2.75) is 74.9 Å². The van der Waals surface area contributed by atoms with Gasteiger partial charge in [-0.05, 0) is 27.1 Å². The minimum absolute atomic E-state index is 0.00346. The summed E-state index contributed by atoms with van der Waals surface area (Å²) in [5.74, 6) is -3.20. The molecule has 3 heterocycles. The Morgan fingerprint density at radius 3 is 2.58 bits per heavy atom. The molecule has 5 aliphatic rings. The second-order valence-corrected chi connectivity index (χ2v) is 13.8. The highest BCUT2D eigenvalue weighted by atomic mass is 16.7. The number of amides is 1. The fraction of sp³-hybridized carbons (Fsp3) is 0.571. The average molecular weight is 698 g/mol. The number of carbonyl (C=O) groups is 3. The Hall–Kier alpha value is -3.67. The van der Waals surface area contributed by atoms with E-state index in [1.807, 2.05) is 25.9 Å². The molecule has 0 aromatic heterocycles. The van der Waals surface area contributed by atoms with E-state index in [1.165, 1.54) is 19.2 Å². The minimum Gasteiger partial charge on any atom is -0.507 e. The Morgan fingerprint density at radius 2 is 1.86 bits per heavy atom. The van der Waals surface area contributed by atoms with Crippen molar-refractivity contribution in [2.24, 2.45) is 0 Å². The summed E-state index contributed by atoms with van der Waals surface area (Å²) in [5.41, 5.74) is -3.06. The van der Waals surface area contributed by atoms with Gasteiger partial charge in [0.1, 0.15) is 29.0 Å². The van der Waals surface area contributed by atoms with Crippen LogP contribution in [0.5, 0.6) is 17.2 Å². The largest absolute Gasteiger partial charge is 0.507 e. The lowest BCUT2D eigenvalue weighted by Gasteiger charge is -2.43. The van der Waals surface area contributed by atoms with Crippen molar-refractivity contribution in [3.8, 4) is 17.2 Å². The Morgan fingerprint density at radius 1 is 1.10 bits per heavy atom. The van der Waals surface area contributed by atoms with Gasteiger partial charge in [-0.25, -0.2) is 0 Å². The monoisotopic (exact) mass is 697 g/mol. The number of likely N-dealkylation sites (N-methyl/N-ethyl adjacent to an activating group) is 1. The van der Waals surface area contributed by atoms with Gasteiger partial charge in [0.2, 0.25) is 5.78 Å². The molecule has 8 atom stereocenters. The molecular weight excluding hydrogens is 654 g/mol. The number of hydrogen-bond acceptors (Lipinski definition) is 14. The van der Waals surface area contributed by atoms with E-state index in [1.54, 1.807) is 13.2 Å². The molecule has 2 aromatic rings. The zero-order chi connectivity index (χ0) is 35.6. The minimum atomic E-state index is -2.12. The first-order chi connectivity index (χ1) is 23.9. The number of hydrogen-bond donors (Lipinski definition) is 4. The maximum Gasteiger partial charge on any atom is 0.252 e. The fourth-order valence-electron chi connectivity index (χ4n) is 8.06. The van der Waals surface area contributed by atoms with Crippen molar-refractivity contribution < 1.29 is 58.1 Å². The van der Waals surface area contributed by atoms with E-state index in [2.05, 4.69) is 10.2 Å². The van der Waals surface area contributed by atoms with Crippen LogP contribution in [-0.2, 0) is 34.9 Å². The summed E-state index contributed by atoms with van der Waals surface area (Å²) < 4.78 is 35.8. The first-order valence-electron chi connectivity index (χ1n) is 16.8. The predicted octanol–water partition coefficient (Wildman–Crippen LogP) is 0.828. The number of benzene rings is 2. The van der Waals surface area contributed by atoms with E-state index in [0.717, 1.165) is 0 Å². The van der Waals surface area contributed by atoms with Crippen LogP contribution in [-0.4, -0.2) is 140 Å². The molecule has 3 fully saturated rings. The molecule has 2 aliphatic carbocycles. The first-order valence-corrected chi connectivity index (χ1v) is 16.8. The SMILES string of the molecule is COc1cccc2c1C(=O)c1c(O)c3c(c(O)c1C2=O)C[C@@](O)(C(=O)NCCN(C)C)C[C@@H]3O[C@H]1C[C@H]2[C@H](O[C@@H]3[C@@H](OC)OCCN32)[C@H](C)O1. The van der Waals surface area contributed by atoms with Gasteiger partial charge in [-0.1, -0.05) is 12.1 Å². The highest BCUT2D eigenvalue weighted by molar-refractivity contribution is 6.31. The van der Waals surface area contributed by atoms with Crippen molar-refractivity contribution in [1.29, 1.82) is 0 Å². The number of morpholine rings is 1. The van der Waals surface area contributed by atoms with Crippen LogP contribution >= 0.6 is 0 Å². The van der Waals surface area contributed by atoms with Gasteiger partial charge < -0.3 is 54.0 Å². The van der Waals surface area contributed by atoms with Crippen LogP contribution in [0.2, 0.25) is 0 Å². The van der Waals surface area contributed by atoms with E-state index in [9.17, 15) is 29.7 Å². The number of ether oxygens (including phenoxy) is 6. The summed E-state index contributed by atoms with van der Waals surface area (Å²) in [5, 5.41) is 38.4. The normalized spacial score (nSPS) is 31.8. The summed E-state index contributed by atoms with van der Waals surface area (Å²) in [6.45, 7) is 3.61. The van der Waals surface area contributed by atoms with Gasteiger partial charge in [-0.2, -0.15) is 0 Å². The van der Waals surface area contributed by atoms with E-state index >= 15 is 0 Å². The Balaban J connectivity index is 1.28. The first kappa shape index (κ1) is 34.8. The van der Waals surface area contributed by atoms with Gasteiger partial charge in [0, 0.05) is 68.7 Å². The summed E-state index contributed by atoms with van der Waals surface area (Å²) >= 11 is 0. The lowest BCUT2D eigenvalue weighted by atomic mass is 9.72. The van der Waals surface area contributed by atoms with Gasteiger partial charge in [0.25, 0.3) is 5.91 Å². The van der Waals surface area contributed by atoms with Gasteiger partial charge >= 0.3 is 0 Å². The second-order valence-electron chi connectivity index (χ2n) is 13.8. The molecule has 270 valence electrons. The summed E-state index contributed by atoms with van der Waals surface area (Å²) in [6, 6.07) is 4.36. The Labute approximate surface area is 288 Å². The Kier molecular flexibility index (Phi) is 9.14. The maximum absolute atomic E-state index is 14.0. The molecule has 2 aromatic carbocycles. The zero-order valence-corrected chi connectivity index (χ0v) is 28.6. The quantitative estimate of drug-likeness (QED) is 0.243. The molecule has 0 bridgehead atoms. The summed E-state index contributed by atoms with van der Waals surface area (Å²) in [6.07, 6.45) is -4.43. The second kappa shape index (κ2) is 13.1. The molecule has 50 heavy (non-hydrogen) atoms. The highest BCUT2D eigenvalue weighted by Gasteiger charge is 2.55. The maximum atomic E-state index is 14.0. The van der Waals surface area contributed by atoms with Crippen molar-refractivity contribution in [3.05, 3.63) is 51.6 Å². The molecule has 0 unspecified atom stereocenters. The molecular formula is C35H43N3O12. The molecule has 1 amide bonds. The number of aliphatic hydroxyl groups is 1. The predicted molar refractivity (Wildman–Crippen MR) is 173 cm³/mol. The van der Waals surface area contributed by atoms with Crippen LogP contribution in [0.3, 0.4) is 0 Å². The van der Waals surface area contributed by atoms with E-state index in [0.29, 0.717) is 26.1 Å². The third-order valence-electron chi connectivity index (χ3n) is 10.4. The lowest BCUT2D eigenvalue weighted by Crippen LogP contribution is -2.55. The van der Waals surface area contributed by atoms with E-state index in [-0.39, 0.29) is 53.1 Å². The highest BCUT2D eigenvalue weighted by Crippen LogP contribution is 2.53. The number of fused-ring (bicyclic) bond motifs is 6. The van der Waals surface area contributed by atoms with Gasteiger partial charge in [0.15, 0.2) is 24.6 Å². The van der Waals surface area contributed by atoms with Crippen LogP contribution in [0.1, 0.15) is 68.8 Å². The number of aromatic hydroxyl groups is 2. The number of rotatable bonds is 8. The van der Waals surface area contributed by atoms with Crippen LogP contribution < -0.4 is 10.1 Å². The Bertz CT molecular complexity index is 1720. The van der Waals surface area contributed by atoms with Crippen molar-refractivity contribution in [1.82, 2.24) is 15.1 Å². The molecule has 0 spiro atoms. The number of nitrogens with one attached hydrogen (secondary N) is 1. The molecule has 15 heteroatoms. The molecule has 0 saturated carbocycles. The van der Waals surface area contributed by atoms with Gasteiger partial charge in [-0.3, -0.25) is 19.3 Å². The third-order valence-corrected chi connectivity index (χ3v) is 10.4. The topological polar surface area (TPSA) is 186 Å². The van der Waals surface area contributed by atoms with Gasteiger partial charge in [0.05, 0.1) is 42.6 Å². The molecule has 0 radical (unpaired) electrons. The van der Waals surface area contributed by atoms with Crippen molar-refractivity contribution in [2.75, 3.05) is 54.6 Å². The van der Waals surface area contributed by atoms with Crippen molar-refractivity contribution >= 4 is 17.5 Å². The standard InChI is InChI=1S/C35H43N3O12/c1-16-31-19(38-11-12-47-33(46-5)32(38)50-31)13-22(48-16)49-21-15-35(44,34(43)36-9-10-37(2)3)14-18-24(21)30(42)26-25(28(18)40)27(39)17-7-6-8-20(45-4)23(17)29(26)41/h6-8,16,19,21-22,31-33,40,42,44H,9-15H2,1-5H3,(H,36,43)/t16-,19-,21-,22-,31+,32+,33-,35-/m0/s1. The van der Waals surface area contributed by atoms with E-state index < -0.39 is 83.1 Å². The van der Waals surface area contributed by atoms with Crippen LogP contribution in [0.15, 0.2) is 18.2 Å². The summed E-state index contributed by atoms with van der Waals surface area (Å²) in [7, 11) is 6.60.